The first-order chi connectivity index (χ1) is 8.14. The standard InChI is InChI=1S/C10H4ClF5O2/c11-8-5(12)2-1-4(9(8)13)6(17)3-7(18)10(14,15)16/h1-2H,3H2. The van der Waals surface area contributed by atoms with Crippen molar-refractivity contribution in [3.05, 3.63) is 34.4 Å². The SMILES string of the molecule is O=C(CC(=O)C(F)(F)F)c1ccc(F)c(Cl)c1F. The highest BCUT2D eigenvalue weighted by atomic mass is 35.5. The van der Waals surface area contributed by atoms with Crippen LogP contribution in [0.4, 0.5) is 22.0 Å². The van der Waals surface area contributed by atoms with Gasteiger partial charge < -0.3 is 0 Å². The summed E-state index contributed by atoms with van der Waals surface area (Å²) in [6, 6.07) is 1.25. The first kappa shape index (κ1) is 14.6. The average Bonchev–Trinajstić information content (AvgIpc) is 2.24. The fourth-order valence-corrected chi connectivity index (χ4v) is 1.25. The molecular formula is C10H4ClF5O2. The summed E-state index contributed by atoms with van der Waals surface area (Å²) in [6.45, 7) is 0. The van der Waals surface area contributed by atoms with Gasteiger partial charge in [-0.1, -0.05) is 11.6 Å². The van der Waals surface area contributed by atoms with Crippen LogP contribution >= 0.6 is 11.6 Å². The number of halogens is 6. The molecule has 0 aliphatic rings. The molecule has 0 N–H and O–H groups in total. The van der Waals surface area contributed by atoms with E-state index in [2.05, 4.69) is 0 Å². The molecule has 0 aliphatic carbocycles. The molecule has 0 aromatic heterocycles. The van der Waals surface area contributed by atoms with Gasteiger partial charge >= 0.3 is 6.18 Å². The van der Waals surface area contributed by atoms with Crippen molar-refractivity contribution in [1.29, 1.82) is 0 Å². The van der Waals surface area contributed by atoms with Crippen molar-refractivity contribution < 1.29 is 31.5 Å². The lowest BCUT2D eigenvalue weighted by Crippen LogP contribution is -2.25. The molecule has 0 amide bonds. The third-order valence-electron chi connectivity index (χ3n) is 1.97. The van der Waals surface area contributed by atoms with E-state index in [1.54, 1.807) is 0 Å². The summed E-state index contributed by atoms with van der Waals surface area (Å²) >= 11 is 5.14. The van der Waals surface area contributed by atoms with E-state index in [4.69, 9.17) is 11.6 Å². The van der Waals surface area contributed by atoms with Crippen LogP contribution in [-0.4, -0.2) is 17.7 Å². The summed E-state index contributed by atoms with van der Waals surface area (Å²) in [7, 11) is 0. The normalized spacial score (nSPS) is 11.4. The Morgan fingerprint density at radius 2 is 1.72 bits per heavy atom. The zero-order valence-corrected chi connectivity index (χ0v) is 9.20. The second-order valence-corrected chi connectivity index (χ2v) is 3.62. The van der Waals surface area contributed by atoms with Crippen molar-refractivity contribution in [2.75, 3.05) is 0 Å². The van der Waals surface area contributed by atoms with E-state index in [0.717, 1.165) is 0 Å². The number of alkyl halides is 3. The zero-order valence-electron chi connectivity index (χ0n) is 8.45. The van der Waals surface area contributed by atoms with Gasteiger partial charge in [-0.15, -0.1) is 0 Å². The number of rotatable bonds is 3. The molecule has 0 unspecified atom stereocenters. The van der Waals surface area contributed by atoms with Crippen LogP contribution in [0.5, 0.6) is 0 Å². The first-order valence-electron chi connectivity index (χ1n) is 4.41. The molecule has 0 fully saturated rings. The van der Waals surface area contributed by atoms with Crippen molar-refractivity contribution in [3.63, 3.8) is 0 Å². The quantitative estimate of drug-likeness (QED) is 0.370. The summed E-state index contributed by atoms with van der Waals surface area (Å²) in [4.78, 5) is 21.8. The van der Waals surface area contributed by atoms with Crippen LogP contribution in [0.2, 0.25) is 5.02 Å². The lowest BCUT2D eigenvalue weighted by molar-refractivity contribution is -0.170. The van der Waals surface area contributed by atoms with Gasteiger partial charge in [0.15, 0.2) is 11.6 Å². The second-order valence-electron chi connectivity index (χ2n) is 3.24. The number of hydrogen-bond donors (Lipinski definition) is 0. The zero-order chi connectivity index (χ0) is 14.1. The van der Waals surface area contributed by atoms with Gasteiger partial charge in [-0.25, -0.2) is 8.78 Å². The predicted molar refractivity (Wildman–Crippen MR) is 51.4 cm³/mol. The maximum Gasteiger partial charge on any atom is 0.450 e. The Bertz CT molecular complexity index is 510. The van der Waals surface area contributed by atoms with Crippen molar-refractivity contribution in [3.8, 4) is 0 Å². The van der Waals surface area contributed by atoms with Crippen LogP contribution in [0, 0.1) is 11.6 Å². The smallest absolute Gasteiger partial charge is 0.294 e. The van der Waals surface area contributed by atoms with E-state index in [9.17, 15) is 31.5 Å². The Morgan fingerprint density at radius 3 is 2.22 bits per heavy atom. The molecule has 98 valence electrons. The van der Waals surface area contributed by atoms with Crippen LogP contribution in [0.3, 0.4) is 0 Å². The molecule has 0 bridgehead atoms. The topological polar surface area (TPSA) is 34.1 Å². The highest BCUT2D eigenvalue weighted by Crippen LogP contribution is 2.24. The van der Waals surface area contributed by atoms with Gasteiger partial charge in [-0.3, -0.25) is 9.59 Å². The summed E-state index contributed by atoms with van der Waals surface area (Å²) in [5, 5.41) is -1.01. The fraction of sp³-hybridized carbons (Fsp3) is 0.200. The molecule has 8 heteroatoms. The van der Waals surface area contributed by atoms with E-state index >= 15 is 0 Å². The van der Waals surface area contributed by atoms with Crippen molar-refractivity contribution in [1.82, 2.24) is 0 Å². The number of hydrogen-bond acceptors (Lipinski definition) is 2. The van der Waals surface area contributed by atoms with Crippen LogP contribution in [0.25, 0.3) is 0 Å². The number of carbonyl (C=O) groups is 2. The van der Waals surface area contributed by atoms with Crippen LogP contribution in [0.1, 0.15) is 16.8 Å². The Labute approximate surface area is 102 Å². The Hall–Kier alpha value is -1.50. The minimum atomic E-state index is -5.18. The van der Waals surface area contributed by atoms with Crippen molar-refractivity contribution >= 4 is 23.2 Å². The van der Waals surface area contributed by atoms with Gasteiger partial charge in [0.05, 0.1) is 12.0 Å². The summed E-state index contributed by atoms with van der Waals surface area (Å²) in [6.07, 6.45) is -6.74. The van der Waals surface area contributed by atoms with Gasteiger partial charge in [0.25, 0.3) is 0 Å². The minimum absolute atomic E-state index is 0.622. The highest BCUT2D eigenvalue weighted by Gasteiger charge is 2.39. The molecule has 0 atom stereocenters. The van der Waals surface area contributed by atoms with Crippen molar-refractivity contribution in [2.24, 2.45) is 0 Å². The molecular weight excluding hydrogens is 283 g/mol. The van der Waals surface area contributed by atoms with E-state index in [1.165, 1.54) is 0 Å². The maximum absolute atomic E-state index is 13.3. The third-order valence-corrected chi connectivity index (χ3v) is 2.32. The van der Waals surface area contributed by atoms with Gasteiger partial charge in [0, 0.05) is 0 Å². The Kier molecular flexibility index (Phi) is 4.05. The molecule has 0 saturated carbocycles. The van der Waals surface area contributed by atoms with Gasteiger partial charge in [0.1, 0.15) is 10.8 Å². The largest absolute Gasteiger partial charge is 0.450 e. The molecule has 18 heavy (non-hydrogen) atoms. The molecule has 2 nitrogen and oxygen atoms in total. The van der Waals surface area contributed by atoms with Crippen molar-refractivity contribution in [2.45, 2.75) is 12.6 Å². The monoisotopic (exact) mass is 286 g/mol. The van der Waals surface area contributed by atoms with E-state index < -0.39 is 46.4 Å². The van der Waals surface area contributed by atoms with Crippen LogP contribution < -0.4 is 0 Å². The summed E-state index contributed by atoms with van der Waals surface area (Å²) in [5.41, 5.74) is -0.862. The lowest BCUT2D eigenvalue weighted by atomic mass is 10.1. The van der Waals surface area contributed by atoms with E-state index in [1.807, 2.05) is 0 Å². The third kappa shape index (κ3) is 3.04. The number of ketones is 2. The van der Waals surface area contributed by atoms with E-state index in [0.29, 0.717) is 12.1 Å². The maximum atomic E-state index is 13.3. The minimum Gasteiger partial charge on any atom is -0.294 e. The molecule has 0 saturated heterocycles. The lowest BCUT2D eigenvalue weighted by Gasteiger charge is -2.06. The highest BCUT2D eigenvalue weighted by molar-refractivity contribution is 6.31. The molecule has 0 heterocycles. The molecule has 1 aromatic carbocycles. The van der Waals surface area contributed by atoms with Gasteiger partial charge in [-0.2, -0.15) is 13.2 Å². The number of carbonyl (C=O) groups excluding carboxylic acids is 2. The number of Topliss-reactive ketones (excluding diaryl/α,β-unsaturated/α-hetero) is 2. The Morgan fingerprint density at radius 1 is 1.17 bits per heavy atom. The van der Waals surface area contributed by atoms with Crippen LogP contribution in [-0.2, 0) is 4.79 Å². The molecule has 0 spiro atoms. The predicted octanol–water partition coefficient (Wildman–Crippen LogP) is 3.32. The molecule has 0 radical (unpaired) electrons. The fourth-order valence-electron chi connectivity index (χ4n) is 1.08. The number of benzene rings is 1. The second kappa shape index (κ2) is 5.01. The van der Waals surface area contributed by atoms with Crippen LogP contribution in [0.15, 0.2) is 12.1 Å². The average molecular weight is 287 g/mol. The van der Waals surface area contributed by atoms with Gasteiger partial charge in [0.2, 0.25) is 5.78 Å². The summed E-state index contributed by atoms with van der Waals surface area (Å²) in [5.74, 6) is -6.38. The molecule has 1 aromatic rings. The summed E-state index contributed by atoms with van der Waals surface area (Å²) < 4.78 is 61.7. The van der Waals surface area contributed by atoms with E-state index in [-0.39, 0.29) is 0 Å². The molecule has 1 rings (SSSR count). The van der Waals surface area contributed by atoms with Gasteiger partial charge in [-0.05, 0) is 12.1 Å². The first-order valence-corrected chi connectivity index (χ1v) is 4.79. The molecule has 0 aliphatic heterocycles. The Balaban J connectivity index is 3.00.